The third-order valence-electron chi connectivity index (χ3n) is 4.28. The molecule has 0 atom stereocenters. The molecule has 0 spiro atoms. The van der Waals surface area contributed by atoms with E-state index in [0.29, 0.717) is 29.8 Å². The van der Waals surface area contributed by atoms with E-state index in [4.69, 9.17) is 20.8 Å². The van der Waals surface area contributed by atoms with Gasteiger partial charge in [0.25, 0.3) is 5.91 Å². The maximum Gasteiger partial charge on any atom is 0.291 e. The van der Waals surface area contributed by atoms with Crippen molar-refractivity contribution in [2.24, 2.45) is 0 Å². The topological polar surface area (TPSA) is 55.6 Å². The molecule has 3 rings (SSSR count). The highest BCUT2D eigenvalue weighted by atomic mass is 35.5. The number of rotatable bonds is 6. The van der Waals surface area contributed by atoms with Crippen molar-refractivity contribution in [2.75, 3.05) is 25.6 Å². The van der Waals surface area contributed by atoms with Crippen LogP contribution < -0.4 is 4.74 Å². The van der Waals surface area contributed by atoms with Crippen LogP contribution in [0.15, 0.2) is 28.7 Å². The molecule has 0 aliphatic carbocycles. The summed E-state index contributed by atoms with van der Waals surface area (Å²) in [7, 11) is 0. The van der Waals surface area contributed by atoms with Crippen molar-refractivity contribution in [2.45, 2.75) is 32.6 Å². The van der Waals surface area contributed by atoms with Crippen molar-refractivity contribution in [1.29, 1.82) is 0 Å². The van der Waals surface area contributed by atoms with Crippen molar-refractivity contribution in [1.82, 2.24) is 9.88 Å². The van der Waals surface area contributed by atoms with E-state index in [0.717, 1.165) is 43.7 Å². The van der Waals surface area contributed by atoms with Gasteiger partial charge in [-0.15, -0.1) is 11.6 Å². The lowest BCUT2D eigenvalue weighted by molar-refractivity contribution is 0.0692. The second-order valence-electron chi connectivity index (χ2n) is 6.20. The minimum atomic E-state index is -0.0584. The van der Waals surface area contributed by atoms with Gasteiger partial charge in [0.2, 0.25) is 11.7 Å². The number of benzene rings is 1. The van der Waals surface area contributed by atoms with Crippen molar-refractivity contribution < 1.29 is 13.9 Å². The van der Waals surface area contributed by atoms with Crippen LogP contribution in [0, 0.1) is 6.92 Å². The van der Waals surface area contributed by atoms with Crippen molar-refractivity contribution >= 4 is 17.5 Å². The highest BCUT2D eigenvalue weighted by Crippen LogP contribution is 2.25. The number of oxazole rings is 1. The number of alkyl halides is 1. The first-order valence-corrected chi connectivity index (χ1v) is 9.28. The maximum absolute atomic E-state index is 12.6. The van der Waals surface area contributed by atoms with Crippen molar-refractivity contribution in [3.05, 3.63) is 35.7 Å². The molecule has 25 heavy (non-hydrogen) atoms. The average Bonchev–Trinajstić information content (AvgIpc) is 3.04. The van der Waals surface area contributed by atoms with Crippen LogP contribution in [0.3, 0.4) is 0 Å². The summed E-state index contributed by atoms with van der Waals surface area (Å²) < 4.78 is 11.4. The molecule has 0 unspecified atom stereocenters. The number of piperidine rings is 1. The molecule has 1 fully saturated rings. The van der Waals surface area contributed by atoms with Gasteiger partial charge < -0.3 is 14.1 Å². The van der Waals surface area contributed by atoms with Crippen LogP contribution in [0.4, 0.5) is 0 Å². The van der Waals surface area contributed by atoms with E-state index in [1.807, 2.05) is 36.1 Å². The standard InChI is InChI=1S/C19H23ClN2O3/c1-14-17(19(23)22-11-3-2-4-12-22)25-18(21-14)15-6-8-16(9-7-15)24-13-5-10-20/h6-9H,2-5,10-13H2,1H3. The Kier molecular flexibility index (Phi) is 5.97. The number of likely N-dealkylation sites (tertiary alicyclic amines) is 1. The zero-order valence-corrected chi connectivity index (χ0v) is 15.2. The molecule has 134 valence electrons. The van der Waals surface area contributed by atoms with Crippen LogP contribution >= 0.6 is 11.6 Å². The normalized spacial score (nSPS) is 14.6. The van der Waals surface area contributed by atoms with Crippen LogP contribution in [-0.4, -0.2) is 41.4 Å². The quantitative estimate of drug-likeness (QED) is 0.568. The van der Waals surface area contributed by atoms with Crippen LogP contribution in [-0.2, 0) is 0 Å². The van der Waals surface area contributed by atoms with Gasteiger partial charge in [0.05, 0.1) is 12.3 Å². The molecule has 0 N–H and O–H groups in total. The number of aromatic nitrogens is 1. The Hall–Kier alpha value is -2.01. The Bertz CT molecular complexity index is 706. The van der Waals surface area contributed by atoms with E-state index >= 15 is 0 Å². The zero-order chi connectivity index (χ0) is 17.6. The van der Waals surface area contributed by atoms with E-state index in [-0.39, 0.29) is 5.91 Å². The Morgan fingerprint density at radius 2 is 1.96 bits per heavy atom. The van der Waals surface area contributed by atoms with Gasteiger partial charge in [0.15, 0.2) is 0 Å². The number of hydrogen-bond acceptors (Lipinski definition) is 4. The lowest BCUT2D eigenvalue weighted by atomic mass is 10.1. The zero-order valence-electron chi connectivity index (χ0n) is 14.5. The number of aryl methyl sites for hydroxylation is 1. The summed E-state index contributed by atoms with van der Waals surface area (Å²) in [5.74, 6) is 2.12. The fourth-order valence-corrected chi connectivity index (χ4v) is 3.01. The molecule has 2 aromatic rings. The van der Waals surface area contributed by atoms with Gasteiger partial charge in [-0.3, -0.25) is 4.79 Å². The molecule has 2 heterocycles. The molecule has 1 amide bonds. The minimum Gasteiger partial charge on any atom is -0.494 e. The third-order valence-corrected chi connectivity index (χ3v) is 4.55. The summed E-state index contributed by atoms with van der Waals surface area (Å²) in [6.07, 6.45) is 4.10. The molecule has 1 aliphatic rings. The van der Waals surface area contributed by atoms with Gasteiger partial charge in [-0.05, 0) is 56.9 Å². The van der Waals surface area contributed by atoms with Gasteiger partial charge in [0, 0.05) is 24.5 Å². The van der Waals surface area contributed by atoms with Gasteiger partial charge in [0.1, 0.15) is 5.75 Å². The predicted octanol–water partition coefficient (Wildman–Crippen LogP) is 4.28. The summed E-state index contributed by atoms with van der Waals surface area (Å²) >= 11 is 5.64. The monoisotopic (exact) mass is 362 g/mol. The van der Waals surface area contributed by atoms with Crippen molar-refractivity contribution in [3.8, 4) is 17.2 Å². The van der Waals surface area contributed by atoms with Crippen LogP contribution in [0.25, 0.3) is 11.5 Å². The number of halogens is 1. The molecule has 1 aromatic heterocycles. The van der Waals surface area contributed by atoms with Gasteiger partial charge in [-0.25, -0.2) is 4.98 Å². The minimum absolute atomic E-state index is 0.0584. The average molecular weight is 363 g/mol. The molecule has 5 nitrogen and oxygen atoms in total. The number of ether oxygens (including phenoxy) is 1. The van der Waals surface area contributed by atoms with Crippen LogP contribution in [0.2, 0.25) is 0 Å². The van der Waals surface area contributed by atoms with Crippen molar-refractivity contribution in [3.63, 3.8) is 0 Å². The number of carbonyl (C=O) groups is 1. The van der Waals surface area contributed by atoms with Gasteiger partial charge in [-0.2, -0.15) is 0 Å². The molecular formula is C19H23ClN2O3. The lowest BCUT2D eigenvalue weighted by Gasteiger charge is -2.25. The van der Waals surface area contributed by atoms with Crippen LogP contribution in [0.5, 0.6) is 5.75 Å². The summed E-state index contributed by atoms with van der Waals surface area (Å²) in [5.41, 5.74) is 1.46. The number of carbonyl (C=O) groups excluding carboxylic acids is 1. The van der Waals surface area contributed by atoms with Gasteiger partial charge in [-0.1, -0.05) is 0 Å². The Balaban J connectivity index is 1.72. The first kappa shape index (κ1) is 17.8. The Morgan fingerprint density at radius 3 is 2.64 bits per heavy atom. The summed E-state index contributed by atoms with van der Waals surface area (Å²) in [5, 5.41) is 0. The lowest BCUT2D eigenvalue weighted by Crippen LogP contribution is -2.35. The molecule has 1 aliphatic heterocycles. The molecule has 6 heteroatoms. The third kappa shape index (κ3) is 4.34. The Labute approximate surface area is 152 Å². The number of nitrogens with zero attached hydrogens (tertiary/aromatic N) is 2. The molecule has 1 aromatic carbocycles. The van der Waals surface area contributed by atoms with E-state index in [9.17, 15) is 4.79 Å². The second kappa shape index (κ2) is 8.39. The fraction of sp³-hybridized carbons (Fsp3) is 0.474. The van der Waals surface area contributed by atoms with Crippen LogP contribution in [0.1, 0.15) is 41.9 Å². The molecule has 0 radical (unpaired) electrons. The smallest absolute Gasteiger partial charge is 0.291 e. The molecular weight excluding hydrogens is 340 g/mol. The maximum atomic E-state index is 12.6. The summed E-state index contributed by atoms with van der Waals surface area (Å²) in [4.78, 5) is 18.9. The summed E-state index contributed by atoms with van der Waals surface area (Å²) in [6, 6.07) is 7.51. The first-order valence-electron chi connectivity index (χ1n) is 8.75. The Morgan fingerprint density at radius 1 is 1.24 bits per heavy atom. The highest BCUT2D eigenvalue weighted by Gasteiger charge is 2.24. The SMILES string of the molecule is Cc1nc(-c2ccc(OCCCCl)cc2)oc1C(=O)N1CCCCC1. The number of amides is 1. The molecule has 0 saturated carbocycles. The molecule has 0 bridgehead atoms. The first-order chi connectivity index (χ1) is 12.2. The fourth-order valence-electron chi connectivity index (χ4n) is 2.90. The van der Waals surface area contributed by atoms with E-state index in [1.54, 1.807) is 0 Å². The van der Waals surface area contributed by atoms with Gasteiger partial charge >= 0.3 is 0 Å². The van der Waals surface area contributed by atoms with E-state index in [1.165, 1.54) is 6.42 Å². The summed E-state index contributed by atoms with van der Waals surface area (Å²) in [6.45, 7) is 3.99. The highest BCUT2D eigenvalue weighted by molar-refractivity contribution is 6.17. The van der Waals surface area contributed by atoms with E-state index in [2.05, 4.69) is 4.98 Å². The molecule has 1 saturated heterocycles. The predicted molar refractivity (Wildman–Crippen MR) is 97.3 cm³/mol. The number of hydrogen-bond donors (Lipinski definition) is 0. The van der Waals surface area contributed by atoms with E-state index < -0.39 is 0 Å². The second-order valence-corrected chi connectivity index (χ2v) is 6.58. The largest absolute Gasteiger partial charge is 0.494 e.